The maximum atomic E-state index is 12.9. The number of pyridine rings is 1. The monoisotopic (exact) mass is 502 g/mol. The highest BCUT2D eigenvalue weighted by Gasteiger charge is 2.35. The van der Waals surface area contributed by atoms with Crippen molar-refractivity contribution in [3.05, 3.63) is 51.4 Å². The van der Waals surface area contributed by atoms with Gasteiger partial charge in [-0.2, -0.15) is 5.10 Å². The smallest absolute Gasteiger partial charge is 0.252 e. The Morgan fingerprint density at radius 3 is 2.81 bits per heavy atom. The molecule has 0 bridgehead atoms. The highest BCUT2D eigenvalue weighted by molar-refractivity contribution is 7.18. The van der Waals surface area contributed by atoms with Gasteiger partial charge in [0.25, 0.3) is 5.56 Å². The fourth-order valence-corrected chi connectivity index (χ4v) is 6.32. The number of benzene rings is 1. The number of aromatic nitrogens is 4. The zero-order valence-electron chi connectivity index (χ0n) is 21.9. The molecule has 0 amide bonds. The summed E-state index contributed by atoms with van der Waals surface area (Å²) in [6, 6.07) is 9.34. The lowest BCUT2D eigenvalue weighted by Gasteiger charge is -2.48. The van der Waals surface area contributed by atoms with Crippen LogP contribution in [0, 0.1) is 18.8 Å². The number of piperazine rings is 1. The Labute approximate surface area is 216 Å². The normalized spacial score (nSPS) is 19.6. The van der Waals surface area contributed by atoms with E-state index in [4.69, 9.17) is 5.10 Å². The summed E-state index contributed by atoms with van der Waals surface area (Å²) in [6.07, 6.45) is 2.96. The van der Waals surface area contributed by atoms with Gasteiger partial charge in [-0.25, -0.2) is 4.98 Å². The predicted molar refractivity (Wildman–Crippen MR) is 149 cm³/mol. The predicted octanol–water partition coefficient (Wildman–Crippen LogP) is 4.73. The minimum Gasteiger partial charge on any atom is -0.364 e. The van der Waals surface area contributed by atoms with Crippen molar-refractivity contribution < 1.29 is 0 Å². The quantitative estimate of drug-likeness (QED) is 0.370. The summed E-state index contributed by atoms with van der Waals surface area (Å²) in [5.41, 5.74) is 5.04. The van der Waals surface area contributed by atoms with E-state index in [0.29, 0.717) is 18.6 Å². The summed E-state index contributed by atoms with van der Waals surface area (Å²) in [6.45, 7) is 13.0. The van der Waals surface area contributed by atoms with E-state index in [1.165, 1.54) is 10.3 Å². The summed E-state index contributed by atoms with van der Waals surface area (Å²) in [4.78, 5) is 22.5. The standard InChI is InChI=1S/C28H34N6OS/c1-7-9-12-32-17-25-28(30-32)24(14-27(35)31(25)6)33-16-22(8-2)34(15-18(33)3)19(4)21-10-11-23-26(13-21)36-20(5)29-23/h10-11,13-14,17-19,22H,8,12,15-16H2,1-6H3/t18-,19+,22+/m0/s1. The van der Waals surface area contributed by atoms with Crippen molar-refractivity contribution in [2.45, 2.75) is 65.7 Å². The lowest BCUT2D eigenvalue weighted by molar-refractivity contribution is 0.106. The zero-order valence-corrected chi connectivity index (χ0v) is 22.8. The molecule has 0 saturated carbocycles. The Morgan fingerprint density at radius 2 is 2.06 bits per heavy atom. The van der Waals surface area contributed by atoms with Crippen molar-refractivity contribution >= 4 is 38.3 Å². The van der Waals surface area contributed by atoms with E-state index in [1.807, 2.05) is 24.9 Å². The first-order valence-corrected chi connectivity index (χ1v) is 13.5. The molecular weight excluding hydrogens is 468 g/mol. The van der Waals surface area contributed by atoms with Gasteiger partial charge in [0, 0.05) is 44.3 Å². The van der Waals surface area contributed by atoms with Gasteiger partial charge in [-0.1, -0.05) is 18.9 Å². The second-order valence-electron chi connectivity index (χ2n) is 9.81. The van der Waals surface area contributed by atoms with Crippen molar-refractivity contribution in [1.82, 2.24) is 24.2 Å². The molecule has 1 aliphatic heterocycles. The molecule has 188 valence electrons. The van der Waals surface area contributed by atoms with Crippen LogP contribution >= 0.6 is 11.3 Å². The summed E-state index contributed by atoms with van der Waals surface area (Å²) in [5.74, 6) is 6.00. The molecule has 1 aliphatic rings. The SMILES string of the molecule is CC#CCn1cc2c(n1)c(N1C[C@@H](CC)N([C@H](C)c3ccc4nc(C)sc4c3)C[C@@H]1C)cc(=O)n2C. The van der Waals surface area contributed by atoms with Crippen LogP contribution < -0.4 is 10.5 Å². The van der Waals surface area contributed by atoms with Crippen LogP contribution in [0.5, 0.6) is 0 Å². The van der Waals surface area contributed by atoms with Crippen molar-refractivity contribution in [3.8, 4) is 11.8 Å². The molecular formula is C28H34N6OS. The van der Waals surface area contributed by atoms with Gasteiger partial charge in [-0.05, 0) is 51.8 Å². The molecule has 7 nitrogen and oxygen atoms in total. The zero-order chi connectivity index (χ0) is 25.6. The van der Waals surface area contributed by atoms with E-state index in [-0.39, 0.29) is 11.6 Å². The number of hydrogen-bond acceptors (Lipinski definition) is 6. The van der Waals surface area contributed by atoms with Gasteiger partial charge in [0.15, 0.2) is 0 Å². The second kappa shape index (κ2) is 9.72. The molecule has 1 aromatic carbocycles. The number of nitrogens with zero attached hydrogens (tertiary/aromatic N) is 6. The number of anilines is 1. The van der Waals surface area contributed by atoms with Gasteiger partial charge in [0.2, 0.25) is 0 Å². The second-order valence-corrected chi connectivity index (χ2v) is 11.0. The fourth-order valence-electron chi connectivity index (χ4n) is 5.45. The molecule has 5 rings (SSSR count). The summed E-state index contributed by atoms with van der Waals surface area (Å²) >= 11 is 1.76. The third-order valence-electron chi connectivity index (χ3n) is 7.52. The lowest BCUT2D eigenvalue weighted by Crippen LogP contribution is -2.58. The molecule has 0 spiro atoms. The van der Waals surface area contributed by atoms with Gasteiger partial charge in [0.1, 0.15) is 12.1 Å². The summed E-state index contributed by atoms with van der Waals surface area (Å²) in [5, 5.41) is 5.94. The molecule has 0 radical (unpaired) electrons. The molecule has 36 heavy (non-hydrogen) atoms. The largest absolute Gasteiger partial charge is 0.364 e. The Morgan fingerprint density at radius 1 is 1.25 bits per heavy atom. The van der Waals surface area contributed by atoms with Crippen molar-refractivity contribution in [1.29, 1.82) is 0 Å². The molecule has 1 fully saturated rings. The van der Waals surface area contributed by atoms with E-state index < -0.39 is 0 Å². The fraction of sp³-hybridized carbons (Fsp3) is 0.464. The van der Waals surface area contributed by atoms with Crippen LogP contribution in [0.4, 0.5) is 5.69 Å². The lowest BCUT2D eigenvalue weighted by atomic mass is 9.98. The van der Waals surface area contributed by atoms with E-state index >= 15 is 0 Å². The first-order valence-electron chi connectivity index (χ1n) is 12.7. The number of thiazole rings is 1. The van der Waals surface area contributed by atoms with Crippen LogP contribution in [0.1, 0.15) is 50.7 Å². The van der Waals surface area contributed by atoms with Gasteiger partial charge < -0.3 is 9.47 Å². The third kappa shape index (κ3) is 4.31. The molecule has 4 heterocycles. The average Bonchev–Trinajstić information content (AvgIpc) is 3.46. The molecule has 3 atom stereocenters. The van der Waals surface area contributed by atoms with E-state index in [2.05, 4.69) is 72.5 Å². The van der Waals surface area contributed by atoms with Crippen LogP contribution in [-0.4, -0.2) is 49.4 Å². The third-order valence-corrected chi connectivity index (χ3v) is 8.45. The molecule has 0 aliphatic carbocycles. The Hall–Kier alpha value is -3.15. The minimum absolute atomic E-state index is 0.0113. The molecule has 4 aromatic rings. The van der Waals surface area contributed by atoms with Crippen LogP contribution in [0.25, 0.3) is 21.3 Å². The number of aryl methyl sites for hydroxylation is 2. The van der Waals surface area contributed by atoms with Gasteiger partial charge in [-0.15, -0.1) is 17.3 Å². The Bertz CT molecular complexity index is 1540. The highest BCUT2D eigenvalue weighted by atomic mass is 32.1. The molecule has 8 heteroatoms. The van der Waals surface area contributed by atoms with Gasteiger partial charge >= 0.3 is 0 Å². The van der Waals surface area contributed by atoms with Crippen LogP contribution in [0.15, 0.2) is 35.3 Å². The Kier molecular flexibility index (Phi) is 6.62. The maximum Gasteiger partial charge on any atom is 0.252 e. The molecule has 0 N–H and O–H groups in total. The topological polar surface area (TPSA) is 59.2 Å². The summed E-state index contributed by atoms with van der Waals surface area (Å²) < 4.78 is 4.77. The van der Waals surface area contributed by atoms with Crippen LogP contribution in [0.2, 0.25) is 0 Å². The van der Waals surface area contributed by atoms with Gasteiger partial charge in [0.05, 0.1) is 32.6 Å². The van der Waals surface area contributed by atoms with Crippen molar-refractivity contribution in [2.24, 2.45) is 7.05 Å². The van der Waals surface area contributed by atoms with E-state index in [0.717, 1.165) is 46.8 Å². The molecule has 3 aromatic heterocycles. The Balaban J connectivity index is 1.47. The van der Waals surface area contributed by atoms with Crippen molar-refractivity contribution in [2.75, 3.05) is 18.0 Å². The van der Waals surface area contributed by atoms with Crippen LogP contribution in [-0.2, 0) is 13.6 Å². The van der Waals surface area contributed by atoms with Crippen molar-refractivity contribution in [3.63, 3.8) is 0 Å². The number of fused-ring (bicyclic) bond motifs is 2. The summed E-state index contributed by atoms with van der Waals surface area (Å²) in [7, 11) is 1.81. The number of hydrogen-bond donors (Lipinski definition) is 0. The average molecular weight is 503 g/mol. The highest BCUT2D eigenvalue weighted by Crippen LogP contribution is 2.34. The molecule has 0 unspecified atom stereocenters. The van der Waals surface area contributed by atoms with Crippen LogP contribution in [0.3, 0.4) is 0 Å². The van der Waals surface area contributed by atoms with E-state index in [9.17, 15) is 4.79 Å². The van der Waals surface area contributed by atoms with E-state index in [1.54, 1.807) is 22.0 Å². The first-order chi connectivity index (χ1) is 17.3. The first kappa shape index (κ1) is 24.5. The number of rotatable bonds is 5. The minimum atomic E-state index is -0.0113. The molecule has 1 saturated heterocycles. The maximum absolute atomic E-state index is 12.9. The van der Waals surface area contributed by atoms with Gasteiger partial charge in [-0.3, -0.25) is 14.4 Å².